The Bertz CT molecular complexity index is 281. The molecule has 0 aromatic carbocycles. The van der Waals surface area contributed by atoms with Crippen molar-refractivity contribution in [1.29, 1.82) is 0 Å². The van der Waals surface area contributed by atoms with Crippen LogP contribution in [0.3, 0.4) is 0 Å². The molecular formula is C10H21F4NO4P-. The molecule has 0 saturated heterocycles. The highest BCUT2D eigenvalue weighted by atomic mass is 31.2. The molecule has 1 atom stereocenters. The molecule has 0 heterocycles. The normalized spacial score (nSPS) is 15.2. The van der Waals surface area contributed by atoms with Crippen LogP contribution in [0.25, 0.3) is 5.32 Å². The maximum Gasteiger partial charge on any atom is 0.466 e. The zero-order valence-electron chi connectivity index (χ0n) is 11.5. The summed E-state index contributed by atoms with van der Waals surface area (Å²) in [6, 6.07) is -0.119. The van der Waals surface area contributed by atoms with Crippen molar-refractivity contribution in [3.05, 3.63) is 5.32 Å². The van der Waals surface area contributed by atoms with E-state index in [0.29, 0.717) is 0 Å². The van der Waals surface area contributed by atoms with E-state index in [1.165, 1.54) is 6.92 Å². The predicted octanol–water partition coefficient (Wildman–Crippen LogP) is 3.30. The molecule has 0 fully saturated rings. The first kappa shape index (κ1) is 22.1. The van der Waals surface area contributed by atoms with E-state index >= 15 is 0 Å². The maximum atomic E-state index is 12.3. The summed E-state index contributed by atoms with van der Waals surface area (Å²) in [6.45, 7) is 5.03. The topological polar surface area (TPSA) is 91.9 Å². The van der Waals surface area contributed by atoms with Gasteiger partial charge in [0.1, 0.15) is 0 Å². The zero-order chi connectivity index (χ0) is 16.6. The summed E-state index contributed by atoms with van der Waals surface area (Å²) in [5, 5.41) is 4.11. The fraction of sp³-hybridized carbons (Fsp3) is 1.00. The van der Waals surface area contributed by atoms with E-state index < -0.39 is 32.6 Å². The van der Waals surface area contributed by atoms with Gasteiger partial charge in [-0.05, 0) is 6.42 Å². The predicted molar refractivity (Wildman–Crippen MR) is 67.0 cm³/mol. The number of rotatable bonds is 7. The number of halogens is 4. The van der Waals surface area contributed by atoms with Crippen molar-refractivity contribution in [3.63, 3.8) is 0 Å². The molecular weight excluding hydrogens is 305 g/mol. The third-order valence-electron chi connectivity index (χ3n) is 2.07. The van der Waals surface area contributed by atoms with Gasteiger partial charge in [0.2, 0.25) is 12.9 Å². The summed E-state index contributed by atoms with van der Waals surface area (Å²) in [5.41, 5.74) is -1.03. The lowest BCUT2D eigenvalue weighted by Crippen LogP contribution is -2.30. The van der Waals surface area contributed by atoms with Gasteiger partial charge in [-0.3, -0.25) is 0 Å². The Morgan fingerprint density at radius 3 is 1.75 bits per heavy atom. The highest BCUT2D eigenvalue weighted by Crippen LogP contribution is 2.32. The number of hydrogen-bond acceptors (Lipinski definition) is 1. The van der Waals surface area contributed by atoms with Gasteiger partial charge in [0.05, 0.1) is 0 Å². The minimum atomic E-state index is -4.64. The van der Waals surface area contributed by atoms with Crippen molar-refractivity contribution < 1.29 is 36.8 Å². The molecule has 0 aliphatic heterocycles. The summed E-state index contributed by atoms with van der Waals surface area (Å²) < 4.78 is 57.4. The molecule has 124 valence electrons. The number of alkyl halides is 4. The van der Waals surface area contributed by atoms with Crippen molar-refractivity contribution in [2.24, 2.45) is 0 Å². The Kier molecular flexibility index (Phi) is 10.7. The average molecular weight is 326 g/mol. The Morgan fingerprint density at radius 2 is 1.50 bits per heavy atom. The molecule has 0 aromatic rings. The van der Waals surface area contributed by atoms with Crippen LogP contribution in [0.1, 0.15) is 40.0 Å². The number of phosphoric acid groups is 1. The average Bonchev–Trinajstić information content (AvgIpc) is 2.09. The van der Waals surface area contributed by atoms with Gasteiger partial charge in [0.15, 0.2) is 0 Å². The number of hydrogen-bond donors (Lipinski definition) is 3. The van der Waals surface area contributed by atoms with Gasteiger partial charge < -0.3 is 20.0 Å². The molecule has 0 aromatic heterocycles. The van der Waals surface area contributed by atoms with Gasteiger partial charge in [0.25, 0.3) is 0 Å². The second-order valence-electron chi connectivity index (χ2n) is 4.76. The van der Waals surface area contributed by atoms with E-state index in [0.717, 1.165) is 0 Å². The maximum absolute atomic E-state index is 12.3. The first-order valence-electron chi connectivity index (χ1n) is 5.82. The molecule has 5 nitrogen and oxygen atoms in total. The molecule has 0 rings (SSSR count). The number of nitrogens with zero attached hydrogens (tertiary/aromatic N) is 1. The van der Waals surface area contributed by atoms with Crippen LogP contribution in [0, 0.1) is 0 Å². The van der Waals surface area contributed by atoms with E-state index in [9.17, 15) is 17.6 Å². The SMILES string of the molecule is CC(C)[N-]C(C)(CCC(F)F)CC(F)F.O=P(O)(O)O. The minimum Gasteiger partial charge on any atom is -0.654 e. The van der Waals surface area contributed by atoms with E-state index in [4.69, 9.17) is 19.2 Å². The second-order valence-corrected chi connectivity index (χ2v) is 5.78. The molecule has 1 unspecified atom stereocenters. The van der Waals surface area contributed by atoms with Gasteiger partial charge in [0, 0.05) is 6.42 Å². The van der Waals surface area contributed by atoms with E-state index in [1.807, 2.05) is 0 Å². The summed E-state index contributed by atoms with van der Waals surface area (Å²) in [4.78, 5) is 21.6. The van der Waals surface area contributed by atoms with Crippen molar-refractivity contribution >= 4 is 7.82 Å². The lowest BCUT2D eigenvalue weighted by Gasteiger charge is -2.47. The van der Waals surface area contributed by atoms with Crippen LogP contribution in [0.4, 0.5) is 17.6 Å². The summed E-state index contributed by atoms with van der Waals surface area (Å²) in [7, 11) is -4.64. The monoisotopic (exact) mass is 326 g/mol. The van der Waals surface area contributed by atoms with Crippen LogP contribution in [0.5, 0.6) is 0 Å². The van der Waals surface area contributed by atoms with Crippen LogP contribution < -0.4 is 0 Å². The van der Waals surface area contributed by atoms with E-state index in [1.54, 1.807) is 13.8 Å². The Labute approximate surface area is 115 Å². The highest BCUT2D eigenvalue weighted by Gasteiger charge is 2.21. The second kappa shape index (κ2) is 9.68. The van der Waals surface area contributed by atoms with Crippen molar-refractivity contribution in [2.45, 2.75) is 64.5 Å². The molecule has 0 radical (unpaired) electrons. The molecule has 0 saturated carbocycles. The van der Waals surface area contributed by atoms with Crippen LogP contribution in [-0.4, -0.2) is 39.1 Å². The van der Waals surface area contributed by atoms with Gasteiger partial charge in [-0.25, -0.2) is 22.1 Å². The Balaban J connectivity index is 0. The summed E-state index contributed by atoms with van der Waals surface area (Å²) in [5.74, 6) is 0. The van der Waals surface area contributed by atoms with E-state index in [2.05, 4.69) is 5.32 Å². The van der Waals surface area contributed by atoms with Gasteiger partial charge in [-0.15, -0.1) is 11.6 Å². The Hall–Kier alpha value is -0.210. The third kappa shape index (κ3) is 20.1. The fourth-order valence-corrected chi connectivity index (χ4v) is 1.60. The third-order valence-corrected chi connectivity index (χ3v) is 2.07. The first-order valence-corrected chi connectivity index (χ1v) is 7.38. The van der Waals surface area contributed by atoms with Crippen LogP contribution in [0.15, 0.2) is 0 Å². The molecule has 0 amide bonds. The quantitative estimate of drug-likeness (QED) is 0.494. The molecule has 3 N–H and O–H groups in total. The molecule has 0 aliphatic carbocycles. The van der Waals surface area contributed by atoms with E-state index in [-0.39, 0.29) is 18.9 Å². The summed E-state index contributed by atoms with van der Waals surface area (Å²) >= 11 is 0. The largest absolute Gasteiger partial charge is 0.654 e. The smallest absolute Gasteiger partial charge is 0.466 e. The van der Waals surface area contributed by atoms with Crippen LogP contribution in [0.2, 0.25) is 0 Å². The van der Waals surface area contributed by atoms with Crippen molar-refractivity contribution in [2.75, 3.05) is 0 Å². The van der Waals surface area contributed by atoms with Crippen LogP contribution >= 0.6 is 7.82 Å². The fourth-order valence-electron chi connectivity index (χ4n) is 1.60. The lowest BCUT2D eigenvalue weighted by molar-refractivity contribution is 0.0937. The first-order chi connectivity index (χ1) is 8.75. The molecule has 0 aliphatic rings. The lowest BCUT2D eigenvalue weighted by atomic mass is 9.91. The van der Waals surface area contributed by atoms with Crippen LogP contribution in [-0.2, 0) is 4.57 Å². The van der Waals surface area contributed by atoms with Gasteiger partial charge >= 0.3 is 7.82 Å². The molecule has 0 spiro atoms. The molecule has 0 bridgehead atoms. The zero-order valence-corrected chi connectivity index (χ0v) is 12.4. The van der Waals surface area contributed by atoms with Crippen molar-refractivity contribution in [1.82, 2.24) is 0 Å². The highest BCUT2D eigenvalue weighted by molar-refractivity contribution is 7.45. The summed E-state index contributed by atoms with van der Waals surface area (Å²) in [6.07, 6.45) is -5.77. The van der Waals surface area contributed by atoms with Gasteiger partial charge in [-0.2, -0.15) is 0 Å². The Morgan fingerprint density at radius 1 is 1.10 bits per heavy atom. The van der Waals surface area contributed by atoms with Gasteiger partial charge in [-0.1, -0.05) is 27.2 Å². The van der Waals surface area contributed by atoms with Crippen molar-refractivity contribution in [3.8, 4) is 0 Å². The molecule has 20 heavy (non-hydrogen) atoms. The minimum absolute atomic E-state index is 0.00713. The standard InChI is InChI=1S/C10H18F4N.H3O4P/c1-7(2)15-10(3,6-9(13)14)5-4-8(11)12;1-5(2,3)4/h7-9H,4-6H2,1-3H3;(H3,1,2,3,4)/q-1;. The molecule has 10 heteroatoms.